The zero-order valence-electron chi connectivity index (χ0n) is 15.1. The van der Waals surface area contributed by atoms with Crippen LogP contribution in [0.15, 0.2) is 47.4 Å². The van der Waals surface area contributed by atoms with Crippen LogP contribution in [0.1, 0.15) is 24.8 Å². The molecule has 150 valence electrons. The Bertz CT molecular complexity index is 964. The van der Waals surface area contributed by atoms with Gasteiger partial charge < -0.3 is 4.90 Å². The molecule has 2 aromatic rings. The van der Waals surface area contributed by atoms with Crippen molar-refractivity contribution in [1.29, 1.82) is 0 Å². The average Bonchev–Trinajstić information content (AvgIpc) is 2.69. The van der Waals surface area contributed by atoms with Crippen LogP contribution in [-0.4, -0.2) is 37.6 Å². The van der Waals surface area contributed by atoms with E-state index >= 15 is 0 Å². The molecule has 1 heterocycles. The second-order valence-electron chi connectivity index (χ2n) is 6.85. The number of hydrogen-bond donors (Lipinski definition) is 0. The number of nitrogens with zero attached hydrogens (tertiary/aromatic N) is 1. The Balaban J connectivity index is 1.64. The van der Waals surface area contributed by atoms with E-state index in [4.69, 9.17) is 11.6 Å². The van der Waals surface area contributed by atoms with Crippen LogP contribution in [0.5, 0.6) is 0 Å². The minimum absolute atomic E-state index is 0.00776. The van der Waals surface area contributed by atoms with Crippen LogP contribution in [0.4, 0.5) is 8.78 Å². The third-order valence-electron chi connectivity index (χ3n) is 4.92. The molecular formula is C20H20ClF2NO3S. The molecule has 1 aliphatic rings. The molecule has 8 heteroatoms. The number of halogens is 3. The monoisotopic (exact) mass is 427 g/mol. The van der Waals surface area contributed by atoms with E-state index in [0.717, 1.165) is 17.7 Å². The maximum atomic E-state index is 13.2. The van der Waals surface area contributed by atoms with E-state index in [1.165, 1.54) is 24.3 Å². The average molecular weight is 428 g/mol. The van der Waals surface area contributed by atoms with Crippen LogP contribution in [0.2, 0.25) is 5.02 Å². The Hall–Kier alpha value is -1.99. The lowest BCUT2D eigenvalue weighted by Crippen LogP contribution is -2.45. The summed E-state index contributed by atoms with van der Waals surface area (Å²) in [5.74, 6) is -1.17. The number of rotatable bonds is 5. The van der Waals surface area contributed by atoms with E-state index in [9.17, 15) is 22.0 Å². The van der Waals surface area contributed by atoms with Gasteiger partial charge >= 0.3 is 0 Å². The predicted octanol–water partition coefficient (Wildman–Crippen LogP) is 4.02. The zero-order chi connectivity index (χ0) is 20.3. The van der Waals surface area contributed by atoms with E-state index in [-0.39, 0.29) is 28.8 Å². The molecule has 28 heavy (non-hydrogen) atoms. The van der Waals surface area contributed by atoms with Gasteiger partial charge in [-0.25, -0.2) is 17.2 Å². The first kappa shape index (κ1) is 20.7. The molecule has 2 aromatic carbocycles. The Morgan fingerprint density at radius 1 is 1.14 bits per heavy atom. The number of benzene rings is 2. The molecule has 1 atom stereocenters. The molecule has 0 unspecified atom stereocenters. The number of carbonyl (C=O) groups is 1. The molecule has 0 saturated carbocycles. The number of aryl methyl sites for hydroxylation is 1. The minimum Gasteiger partial charge on any atom is -0.341 e. The lowest BCUT2D eigenvalue weighted by Gasteiger charge is -2.32. The molecule has 0 spiro atoms. The SMILES string of the molecule is O=C(CCc1ccc(F)c(Cl)c1)N1CCC[C@H](S(=O)(=O)c2ccc(F)cc2)C1. The quantitative estimate of drug-likeness (QED) is 0.677. The second kappa shape index (κ2) is 8.57. The molecule has 3 rings (SSSR count). The standard InChI is InChI=1S/C20H20ClF2NO3S/c21-18-12-14(3-9-19(18)23)4-10-20(25)24-11-1-2-17(13-24)28(26,27)16-7-5-15(22)6-8-16/h3,5-9,12,17H,1-2,4,10-11,13H2/t17-/m0/s1. The summed E-state index contributed by atoms with van der Waals surface area (Å²) in [4.78, 5) is 14.2. The van der Waals surface area contributed by atoms with Gasteiger partial charge in [0.1, 0.15) is 11.6 Å². The first-order chi connectivity index (χ1) is 13.3. The lowest BCUT2D eigenvalue weighted by atomic mass is 10.1. The molecule has 1 aliphatic heterocycles. The Morgan fingerprint density at radius 2 is 1.86 bits per heavy atom. The molecule has 1 amide bonds. The molecule has 0 bridgehead atoms. The molecule has 1 fully saturated rings. The third-order valence-corrected chi connectivity index (χ3v) is 7.40. The molecule has 4 nitrogen and oxygen atoms in total. The van der Waals surface area contributed by atoms with Crippen LogP contribution in [0.25, 0.3) is 0 Å². The van der Waals surface area contributed by atoms with Gasteiger partial charge in [-0.05, 0) is 61.2 Å². The van der Waals surface area contributed by atoms with Crippen molar-refractivity contribution in [1.82, 2.24) is 4.90 Å². The number of hydrogen-bond acceptors (Lipinski definition) is 3. The van der Waals surface area contributed by atoms with E-state index in [0.29, 0.717) is 25.8 Å². The summed E-state index contributed by atoms with van der Waals surface area (Å²) in [6.45, 7) is 0.612. The lowest BCUT2D eigenvalue weighted by molar-refractivity contribution is -0.131. The molecule has 1 saturated heterocycles. The summed E-state index contributed by atoms with van der Waals surface area (Å²) in [6.07, 6.45) is 1.62. The minimum atomic E-state index is -3.64. The van der Waals surface area contributed by atoms with Gasteiger partial charge in [-0.2, -0.15) is 0 Å². The first-order valence-electron chi connectivity index (χ1n) is 8.98. The van der Waals surface area contributed by atoms with Crippen molar-refractivity contribution in [2.75, 3.05) is 13.1 Å². The third kappa shape index (κ3) is 4.70. The predicted molar refractivity (Wildman–Crippen MR) is 103 cm³/mol. The normalized spacial score (nSPS) is 17.5. The van der Waals surface area contributed by atoms with Gasteiger partial charge in [0.2, 0.25) is 5.91 Å². The summed E-state index contributed by atoms with van der Waals surface area (Å²) in [6, 6.07) is 9.06. The topological polar surface area (TPSA) is 54.5 Å². The van der Waals surface area contributed by atoms with E-state index in [2.05, 4.69) is 0 Å². The summed E-state index contributed by atoms with van der Waals surface area (Å²) < 4.78 is 51.9. The number of likely N-dealkylation sites (tertiary alicyclic amines) is 1. The van der Waals surface area contributed by atoms with E-state index in [1.807, 2.05) is 0 Å². The van der Waals surface area contributed by atoms with Crippen LogP contribution in [0, 0.1) is 11.6 Å². The number of amides is 1. The highest BCUT2D eigenvalue weighted by Crippen LogP contribution is 2.25. The van der Waals surface area contributed by atoms with Crippen LogP contribution >= 0.6 is 11.6 Å². The van der Waals surface area contributed by atoms with Gasteiger partial charge in [-0.1, -0.05) is 17.7 Å². The summed E-state index contributed by atoms with van der Waals surface area (Å²) >= 11 is 5.75. The van der Waals surface area contributed by atoms with Crippen molar-refractivity contribution in [3.8, 4) is 0 Å². The van der Waals surface area contributed by atoms with Crippen LogP contribution < -0.4 is 0 Å². The Kier molecular flexibility index (Phi) is 6.35. The smallest absolute Gasteiger partial charge is 0.222 e. The van der Waals surface area contributed by atoms with Gasteiger partial charge in [0.05, 0.1) is 15.2 Å². The molecular weight excluding hydrogens is 408 g/mol. The van der Waals surface area contributed by atoms with Gasteiger partial charge in [0.25, 0.3) is 0 Å². The fraction of sp³-hybridized carbons (Fsp3) is 0.350. The number of sulfone groups is 1. The summed E-state index contributed by atoms with van der Waals surface area (Å²) in [5.41, 5.74) is 0.743. The van der Waals surface area contributed by atoms with Gasteiger partial charge in [0.15, 0.2) is 9.84 Å². The van der Waals surface area contributed by atoms with Crippen molar-refractivity contribution in [2.24, 2.45) is 0 Å². The number of carbonyl (C=O) groups excluding carboxylic acids is 1. The highest BCUT2D eigenvalue weighted by molar-refractivity contribution is 7.92. The maximum Gasteiger partial charge on any atom is 0.222 e. The Morgan fingerprint density at radius 3 is 2.54 bits per heavy atom. The highest BCUT2D eigenvalue weighted by Gasteiger charge is 2.33. The van der Waals surface area contributed by atoms with E-state index < -0.39 is 26.7 Å². The van der Waals surface area contributed by atoms with E-state index in [1.54, 1.807) is 11.0 Å². The van der Waals surface area contributed by atoms with Crippen LogP contribution in [-0.2, 0) is 21.1 Å². The van der Waals surface area contributed by atoms with Gasteiger partial charge in [-0.15, -0.1) is 0 Å². The fourth-order valence-corrected chi connectivity index (χ4v) is 5.30. The fourth-order valence-electron chi connectivity index (χ4n) is 3.34. The summed E-state index contributed by atoms with van der Waals surface area (Å²) in [5, 5.41) is -0.704. The largest absolute Gasteiger partial charge is 0.341 e. The van der Waals surface area contributed by atoms with Crippen molar-refractivity contribution in [3.63, 3.8) is 0 Å². The highest BCUT2D eigenvalue weighted by atomic mass is 35.5. The zero-order valence-corrected chi connectivity index (χ0v) is 16.6. The van der Waals surface area contributed by atoms with Crippen molar-refractivity contribution >= 4 is 27.3 Å². The van der Waals surface area contributed by atoms with Crippen LogP contribution in [0.3, 0.4) is 0 Å². The molecule has 0 radical (unpaired) electrons. The maximum absolute atomic E-state index is 13.2. The number of piperidine rings is 1. The molecule has 0 aromatic heterocycles. The van der Waals surface area contributed by atoms with Crippen molar-refractivity contribution in [2.45, 2.75) is 35.8 Å². The van der Waals surface area contributed by atoms with Gasteiger partial charge in [-0.3, -0.25) is 4.79 Å². The first-order valence-corrected chi connectivity index (χ1v) is 10.9. The molecule has 0 N–H and O–H groups in total. The summed E-state index contributed by atoms with van der Waals surface area (Å²) in [7, 11) is -3.64. The Labute approximate surface area is 168 Å². The van der Waals surface area contributed by atoms with Gasteiger partial charge in [0, 0.05) is 19.5 Å². The van der Waals surface area contributed by atoms with Crippen molar-refractivity contribution in [3.05, 3.63) is 64.7 Å². The second-order valence-corrected chi connectivity index (χ2v) is 9.49. The van der Waals surface area contributed by atoms with Crippen molar-refractivity contribution < 1.29 is 22.0 Å². The molecule has 0 aliphatic carbocycles.